The molecule has 4 rings (SSSR count). The molecular weight excluding hydrogens is 472 g/mol. The van der Waals surface area contributed by atoms with Crippen LogP contribution in [0.1, 0.15) is 5.69 Å². The normalized spacial score (nSPS) is 14.8. The number of benzene rings is 2. The molecule has 0 radical (unpaired) electrons. The van der Waals surface area contributed by atoms with Gasteiger partial charge in [-0.2, -0.15) is 0 Å². The number of hydrogen-bond donors (Lipinski definition) is 3. The van der Waals surface area contributed by atoms with Crippen LogP contribution in [0.4, 0.5) is 14.5 Å². The van der Waals surface area contributed by atoms with Crippen LogP contribution >= 0.6 is 0 Å². The van der Waals surface area contributed by atoms with Crippen molar-refractivity contribution >= 4 is 22.3 Å². The Hall–Kier alpha value is -3.51. The zero-order valence-corrected chi connectivity index (χ0v) is 19.7. The summed E-state index contributed by atoms with van der Waals surface area (Å²) in [7, 11) is 0. The lowest BCUT2D eigenvalue weighted by Crippen LogP contribution is -2.38. The van der Waals surface area contributed by atoms with Gasteiger partial charge in [0, 0.05) is 43.4 Å². The van der Waals surface area contributed by atoms with Crippen molar-refractivity contribution in [3.8, 4) is 11.5 Å². The number of fused-ring (bicyclic) bond motifs is 1. The van der Waals surface area contributed by atoms with Crippen LogP contribution in [0.3, 0.4) is 0 Å². The predicted octanol–water partition coefficient (Wildman–Crippen LogP) is 2.58. The van der Waals surface area contributed by atoms with Crippen molar-refractivity contribution in [1.29, 1.82) is 0 Å². The second-order valence-electron chi connectivity index (χ2n) is 8.22. The molecule has 1 aliphatic heterocycles. The molecule has 0 saturated carbocycles. The molecule has 3 aromatic rings. The number of phenols is 1. The summed E-state index contributed by atoms with van der Waals surface area (Å²) in [6.07, 6.45) is 1.29. The number of halogens is 2. The van der Waals surface area contributed by atoms with E-state index in [4.69, 9.17) is 25.8 Å². The van der Waals surface area contributed by atoms with Crippen LogP contribution in [0.5, 0.6) is 11.5 Å². The fraction of sp³-hybridized carbons (Fsp3) is 0.320. The van der Waals surface area contributed by atoms with Gasteiger partial charge in [0.2, 0.25) is 0 Å². The van der Waals surface area contributed by atoms with Crippen molar-refractivity contribution < 1.29 is 28.1 Å². The topological polar surface area (TPSA) is 119 Å². The van der Waals surface area contributed by atoms with Crippen LogP contribution in [0, 0.1) is 11.6 Å². The van der Waals surface area contributed by atoms with E-state index in [0.717, 1.165) is 55.4 Å². The van der Waals surface area contributed by atoms with Gasteiger partial charge in [-0.25, -0.2) is 19.6 Å². The number of hydrogen-bond acceptors (Lipinski definition) is 9. The summed E-state index contributed by atoms with van der Waals surface area (Å²) in [5.74, 6) is 3.23. The molecule has 0 unspecified atom stereocenters. The Morgan fingerprint density at radius 2 is 1.83 bits per heavy atom. The highest BCUT2D eigenvalue weighted by Crippen LogP contribution is 2.26. The van der Waals surface area contributed by atoms with E-state index in [1.54, 1.807) is 6.07 Å². The van der Waals surface area contributed by atoms with Crippen molar-refractivity contribution in [3.05, 3.63) is 66.0 Å². The minimum atomic E-state index is -1.13. The standard InChI is InChI=1S/C25H29F2N5O4/c26-20-14-18(15-21(27)25(20)33)32(29)16-22(28)24-3-1-17-13-19(2-4-23(17)30-24)36-12-11-35-10-7-31-5-8-34-9-6-31/h1-4,13-16,33H,5-12,28-29H2/b22-16-. The van der Waals surface area contributed by atoms with Crippen molar-refractivity contribution in [2.75, 3.05) is 57.7 Å². The summed E-state index contributed by atoms with van der Waals surface area (Å²) in [5, 5.41) is 11.0. The van der Waals surface area contributed by atoms with Gasteiger partial charge in [-0.3, -0.25) is 9.91 Å². The third-order valence-electron chi connectivity index (χ3n) is 5.69. The summed E-state index contributed by atoms with van der Waals surface area (Å²) in [6.45, 7) is 5.89. The van der Waals surface area contributed by atoms with E-state index in [0.29, 0.717) is 36.8 Å². The number of ether oxygens (including phenoxy) is 3. The molecule has 0 aliphatic carbocycles. The van der Waals surface area contributed by atoms with Gasteiger partial charge in [-0.1, -0.05) is 6.07 Å². The van der Waals surface area contributed by atoms with Crippen LogP contribution < -0.4 is 21.3 Å². The fourth-order valence-corrected chi connectivity index (χ4v) is 3.68. The molecule has 9 nitrogen and oxygen atoms in total. The molecule has 0 amide bonds. The molecule has 0 bridgehead atoms. The first-order valence-corrected chi connectivity index (χ1v) is 11.5. The van der Waals surface area contributed by atoms with Crippen molar-refractivity contribution in [3.63, 3.8) is 0 Å². The Balaban J connectivity index is 1.31. The molecule has 0 spiro atoms. The van der Waals surface area contributed by atoms with Gasteiger partial charge in [0.15, 0.2) is 17.4 Å². The maximum absolute atomic E-state index is 13.6. The lowest BCUT2D eigenvalue weighted by atomic mass is 10.1. The van der Waals surface area contributed by atoms with E-state index in [9.17, 15) is 13.9 Å². The van der Waals surface area contributed by atoms with Gasteiger partial charge in [-0.15, -0.1) is 0 Å². The lowest BCUT2D eigenvalue weighted by Gasteiger charge is -2.26. The first-order chi connectivity index (χ1) is 17.4. The van der Waals surface area contributed by atoms with Crippen LogP contribution in [0.2, 0.25) is 0 Å². The Bertz CT molecular complexity index is 1200. The molecule has 5 N–H and O–H groups in total. The SMILES string of the molecule is N/C(=C\N(N)c1cc(F)c(O)c(F)c1)c1ccc2cc(OCCOCCN3CCOCC3)ccc2n1. The Morgan fingerprint density at radius 3 is 2.58 bits per heavy atom. The largest absolute Gasteiger partial charge is 0.503 e. The zero-order chi connectivity index (χ0) is 25.5. The van der Waals surface area contributed by atoms with Gasteiger partial charge in [0.1, 0.15) is 12.4 Å². The van der Waals surface area contributed by atoms with Crippen molar-refractivity contribution in [1.82, 2.24) is 9.88 Å². The minimum Gasteiger partial charge on any atom is -0.503 e. The zero-order valence-electron chi connectivity index (χ0n) is 19.7. The number of aromatic hydroxyl groups is 1. The fourth-order valence-electron chi connectivity index (χ4n) is 3.68. The first kappa shape index (κ1) is 25.6. The number of nitrogens with two attached hydrogens (primary N) is 2. The third kappa shape index (κ3) is 6.58. The van der Waals surface area contributed by atoms with E-state index in [-0.39, 0.29) is 11.4 Å². The third-order valence-corrected chi connectivity index (χ3v) is 5.69. The first-order valence-electron chi connectivity index (χ1n) is 11.5. The lowest BCUT2D eigenvalue weighted by molar-refractivity contribution is 0.0170. The monoisotopic (exact) mass is 501 g/mol. The van der Waals surface area contributed by atoms with Gasteiger partial charge in [-0.05, 0) is 24.3 Å². The van der Waals surface area contributed by atoms with Crippen LogP contribution in [-0.2, 0) is 9.47 Å². The average molecular weight is 502 g/mol. The van der Waals surface area contributed by atoms with E-state index in [1.165, 1.54) is 6.20 Å². The predicted molar refractivity (Wildman–Crippen MR) is 132 cm³/mol. The smallest absolute Gasteiger partial charge is 0.187 e. The molecule has 36 heavy (non-hydrogen) atoms. The van der Waals surface area contributed by atoms with Gasteiger partial charge in [0.05, 0.1) is 49.0 Å². The highest BCUT2D eigenvalue weighted by molar-refractivity contribution is 5.82. The molecule has 1 fully saturated rings. The Morgan fingerprint density at radius 1 is 1.08 bits per heavy atom. The Labute approximate surface area is 207 Å². The summed E-state index contributed by atoms with van der Waals surface area (Å²) < 4.78 is 44.0. The second kappa shape index (κ2) is 12.0. The number of pyridine rings is 1. The van der Waals surface area contributed by atoms with E-state index >= 15 is 0 Å². The van der Waals surface area contributed by atoms with Crippen LogP contribution in [-0.4, -0.2) is 67.7 Å². The van der Waals surface area contributed by atoms with Gasteiger partial charge in [0.25, 0.3) is 0 Å². The molecule has 1 saturated heterocycles. The summed E-state index contributed by atoms with van der Waals surface area (Å²) >= 11 is 0. The minimum absolute atomic E-state index is 0.0293. The van der Waals surface area contributed by atoms with E-state index in [2.05, 4.69) is 9.88 Å². The van der Waals surface area contributed by atoms with Crippen LogP contribution in [0.25, 0.3) is 16.6 Å². The molecule has 2 aromatic carbocycles. The van der Waals surface area contributed by atoms with E-state index in [1.807, 2.05) is 24.3 Å². The number of phenolic OH excluding ortho intramolecular Hbond substituents is 1. The Kier molecular flexibility index (Phi) is 8.49. The average Bonchev–Trinajstić information content (AvgIpc) is 2.89. The maximum Gasteiger partial charge on any atom is 0.187 e. The number of aromatic nitrogens is 1. The molecular formula is C25H29F2N5O4. The number of hydrazine groups is 1. The molecule has 11 heteroatoms. The summed E-state index contributed by atoms with van der Waals surface area (Å²) in [4.78, 5) is 6.83. The van der Waals surface area contributed by atoms with E-state index < -0.39 is 17.4 Å². The number of nitrogens with zero attached hydrogens (tertiary/aromatic N) is 3. The molecule has 1 aliphatic rings. The number of rotatable bonds is 10. The number of morpholine rings is 1. The molecule has 0 atom stereocenters. The molecule has 192 valence electrons. The maximum atomic E-state index is 13.6. The molecule has 2 heterocycles. The highest BCUT2D eigenvalue weighted by Gasteiger charge is 2.13. The molecule has 1 aromatic heterocycles. The summed E-state index contributed by atoms with van der Waals surface area (Å²) in [5.41, 5.74) is 7.37. The van der Waals surface area contributed by atoms with Crippen LogP contribution in [0.15, 0.2) is 48.7 Å². The quantitative estimate of drug-likeness (QED) is 0.219. The highest BCUT2D eigenvalue weighted by atomic mass is 19.1. The second-order valence-corrected chi connectivity index (χ2v) is 8.22. The van der Waals surface area contributed by atoms with Crippen molar-refractivity contribution in [2.24, 2.45) is 11.6 Å². The van der Waals surface area contributed by atoms with Crippen molar-refractivity contribution in [2.45, 2.75) is 0 Å². The summed E-state index contributed by atoms with van der Waals surface area (Å²) in [6, 6.07) is 10.8. The van der Waals surface area contributed by atoms with Gasteiger partial charge >= 0.3 is 0 Å². The van der Waals surface area contributed by atoms with Gasteiger partial charge < -0.3 is 25.1 Å². The number of anilines is 1.